The Morgan fingerprint density at radius 1 is 0.938 bits per heavy atom. The van der Waals surface area contributed by atoms with Crippen LogP contribution in [0.5, 0.6) is 17.2 Å². The van der Waals surface area contributed by atoms with Gasteiger partial charge in [0.1, 0.15) is 11.5 Å². The zero-order valence-electron chi connectivity index (χ0n) is 8.19. The predicted octanol–water partition coefficient (Wildman–Crippen LogP) is 4.31. The molecule has 0 bridgehead atoms. The first-order valence-electron chi connectivity index (χ1n) is 4.60. The van der Waals surface area contributed by atoms with Gasteiger partial charge in [0.2, 0.25) is 0 Å². The summed E-state index contributed by atoms with van der Waals surface area (Å²) < 4.78 is 23.4. The molecule has 0 N–H and O–H groups in total. The van der Waals surface area contributed by atoms with E-state index < -0.39 is 5.82 Å². The molecule has 2 rings (SSSR count). The Morgan fingerprint density at radius 2 is 1.69 bits per heavy atom. The van der Waals surface area contributed by atoms with Crippen LogP contribution >= 0.6 is 16.3 Å². The molecule has 16 heavy (non-hydrogen) atoms. The van der Waals surface area contributed by atoms with E-state index in [1.807, 2.05) is 18.2 Å². The van der Waals surface area contributed by atoms with Crippen molar-refractivity contribution in [1.82, 2.24) is 0 Å². The Labute approximate surface area is 101 Å². The second kappa shape index (κ2) is 4.99. The highest BCUT2D eigenvalue weighted by Gasteiger charge is 2.05. The van der Waals surface area contributed by atoms with Crippen LogP contribution in [0.4, 0.5) is 4.39 Å². The number of halogens is 2. The topological polar surface area (TPSA) is 18.5 Å². The smallest absolute Gasteiger partial charge is 0.179 e. The quantitative estimate of drug-likeness (QED) is 0.835. The molecule has 0 amide bonds. The molecule has 4 heteroatoms. The third kappa shape index (κ3) is 2.52. The van der Waals surface area contributed by atoms with Crippen molar-refractivity contribution < 1.29 is 13.0 Å². The summed E-state index contributed by atoms with van der Waals surface area (Å²) in [6.07, 6.45) is 0. The van der Waals surface area contributed by atoms with Crippen LogP contribution in [0.15, 0.2) is 48.5 Å². The summed E-state index contributed by atoms with van der Waals surface area (Å²) in [6.45, 7) is 0. The van der Waals surface area contributed by atoms with Gasteiger partial charge in [0.15, 0.2) is 27.8 Å². The van der Waals surface area contributed by atoms with Gasteiger partial charge in [-0.25, -0.2) is 4.39 Å². The van der Waals surface area contributed by atoms with E-state index in [4.69, 9.17) is 4.74 Å². The lowest BCUT2D eigenvalue weighted by Crippen LogP contribution is -1.87. The second-order valence-corrected chi connectivity index (χ2v) is 3.41. The number of hydrogen-bond acceptors (Lipinski definition) is 2. The van der Waals surface area contributed by atoms with Gasteiger partial charge in [0.25, 0.3) is 0 Å². The highest BCUT2D eigenvalue weighted by atomic mass is 79.9. The Kier molecular flexibility index (Phi) is 3.41. The third-order valence-corrected chi connectivity index (χ3v) is 2.31. The van der Waals surface area contributed by atoms with Gasteiger partial charge in [-0.15, -0.1) is 0 Å². The van der Waals surface area contributed by atoms with Crippen molar-refractivity contribution >= 4 is 16.3 Å². The summed E-state index contributed by atoms with van der Waals surface area (Å²) in [6, 6.07) is 13.6. The number of rotatable bonds is 3. The van der Waals surface area contributed by atoms with Crippen LogP contribution in [0.25, 0.3) is 0 Å². The Balaban J connectivity index is 2.20. The van der Waals surface area contributed by atoms with Crippen LogP contribution in [0.2, 0.25) is 0 Å². The molecular weight excluding hydrogens is 275 g/mol. The zero-order chi connectivity index (χ0) is 11.4. The molecule has 82 valence electrons. The van der Waals surface area contributed by atoms with Crippen molar-refractivity contribution in [2.45, 2.75) is 0 Å². The number of benzene rings is 2. The minimum Gasteiger partial charge on any atom is -0.457 e. The molecule has 0 saturated carbocycles. The zero-order valence-corrected chi connectivity index (χ0v) is 9.78. The van der Waals surface area contributed by atoms with Crippen LogP contribution in [-0.2, 0) is 0 Å². The standard InChI is InChI=1S/C12H8BrFO2/c13-16-12-7-6-10(8-11(12)14)15-9-4-2-1-3-5-9/h1-8H. The molecule has 0 heterocycles. The minimum absolute atomic E-state index is 0.125. The average molecular weight is 283 g/mol. The van der Waals surface area contributed by atoms with E-state index in [0.717, 1.165) is 0 Å². The van der Waals surface area contributed by atoms with E-state index in [-0.39, 0.29) is 5.75 Å². The van der Waals surface area contributed by atoms with Crippen molar-refractivity contribution in [3.8, 4) is 17.2 Å². The van der Waals surface area contributed by atoms with Crippen LogP contribution in [0.3, 0.4) is 0 Å². The highest BCUT2D eigenvalue weighted by molar-refractivity contribution is 9.06. The maximum Gasteiger partial charge on any atom is 0.179 e. The third-order valence-electron chi connectivity index (χ3n) is 1.97. The average Bonchev–Trinajstić information content (AvgIpc) is 2.31. The van der Waals surface area contributed by atoms with E-state index in [1.165, 1.54) is 12.1 Å². The minimum atomic E-state index is -0.481. The molecule has 0 radical (unpaired) electrons. The first-order chi connectivity index (χ1) is 7.79. The van der Waals surface area contributed by atoms with E-state index >= 15 is 0 Å². The first kappa shape index (κ1) is 11.0. The first-order valence-corrected chi connectivity index (χ1v) is 5.25. The molecule has 0 atom stereocenters. The van der Waals surface area contributed by atoms with Crippen LogP contribution in [0.1, 0.15) is 0 Å². The molecule has 2 nitrogen and oxygen atoms in total. The maximum absolute atomic E-state index is 13.3. The molecule has 0 aliphatic carbocycles. The summed E-state index contributed by atoms with van der Waals surface area (Å²) in [7, 11) is 0. The molecule has 0 aliphatic rings. The molecule has 2 aromatic rings. The Hall–Kier alpha value is -1.55. The van der Waals surface area contributed by atoms with Crippen LogP contribution < -0.4 is 8.57 Å². The Morgan fingerprint density at radius 3 is 2.31 bits per heavy atom. The van der Waals surface area contributed by atoms with Gasteiger partial charge in [-0.1, -0.05) is 18.2 Å². The fraction of sp³-hybridized carbons (Fsp3) is 0. The Bertz CT molecular complexity index is 474. The van der Waals surface area contributed by atoms with Crippen LogP contribution in [0, 0.1) is 5.82 Å². The molecule has 0 aromatic heterocycles. The molecule has 0 aliphatic heterocycles. The van der Waals surface area contributed by atoms with E-state index in [1.54, 1.807) is 18.2 Å². The normalized spacial score (nSPS) is 9.88. The van der Waals surface area contributed by atoms with Crippen molar-refractivity contribution in [1.29, 1.82) is 0 Å². The van der Waals surface area contributed by atoms with Gasteiger partial charge < -0.3 is 8.57 Å². The molecule has 0 unspecified atom stereocenters. The number of ether oxygens (including phenoxy) is 1. The number of hydrogen-bond donors (Lipinski definition) is 0. The molecule has 0 saturated heterocycles. The SMILES string of the molecule is Fc1cc(Oc2ccccc2)ccc1OBr. The lowest BCUT2D eigenvalue weighted by molar-refractivity contribution is 0.471. The van der Waals surface area contributed by atoms with E-state index in [9.17, 15) is 4.39 Å². The number of para-hydroxylation sites is 1. The molecule has 0 fully saturated rings. The van der Waals surface area contributed by atoms with E-state index in [0.29, 0.717) is 11.5 Å². The summed E-state index contributed by atoms with van der Waals surface area (Å²) in [5.74, 6) is 0.733. The largest absolute Gasteiger partial charge is 0.457 e. The summed E-state index contributed by atoms with van der Waals surface area (Å²) in [4.78, 5) is 0. The van der Waals surface area contributed by atoms with Crippen molar-refractivity contribution in [2.75, 3.05) is 0 Å². The maximum atomic E-state index is 13.3. The van der Waals surface area contributed by atoms with Gasteiger partial charge in [0.05, 0.1) is 0 Å². The molecule has 0 spiro atoms. The fourth-order valence-electron chi connectivity index (χ4n) is 1.23. The molecule has 2 aromatic carbocycles. The molecular formula is C12H8BrFO2. The predicted molar refractivity (Wildman–Crippen MR) is 62.5 cm³/mol. The van der Waals surface area contributed by atoms with E-state index in [2.05, 4.69) is 20.1 Å². The van der Waals surface area contributed by atoms with Crippen LogP contribution in [-0.4, -0.2) is 0 Å². The van der Waals surface area contributed by atoms with Crippen molar-refractivity contribution in [3.05, 3.63) is 54.3 Å². The van der Waals surface area contributed by atoms with Crippen molar-refractivity contribution in [3.63, 3.8) is 0 Å². The highest BCUT2D eigenvalue weighted by Crippen LogP contribution is 2.27. The fourth-order valence-corrected chi connectivity index (χ4v) is 1.49. The van der Waals surface area contributed by atoms with Gasteiger partial charge >= 0.3 is 0 Å². The van der Waals surface area contributed by atoms with Gasteiger partial charge in [-0.2, -0.15) is 0 Å². The lowest BCUT2D eigenvalue weighted by atomic mass is 10.3. The summed E-state index contributed by atoms with van der Waals surface area (Å²) in [5, 5.41) is 0. The summed E-state index contributed by atoms with van der Waals surface area (Å²) in [5.41, 5.74) is 0. The van der Waals surface area contributed by atoms with Gasteiger partial charge in [0, 0.05) is 6.07 Å². The van der Waals surface area contributed by atoms with Gasteiger partial charge in [-0.05, 0) is 24.3 Å². The lowest BCUT2D eigenvalue weighted by Gasteiger charge is -2.06. The monoisotopic (exact) mass is 282 g/mol. The summed E-state index contributed by atoms with van der Waals surface area (Å²) >= 11 is 2.72. The van der Waals surface area contributed by atoms with Crippen molar-refractivity contribution in [2.24, 2.45) is 0 Å². The second-order valence-electron chi connectivity index (χ2n) is 3.08. The van der Waals surface area contributed by atoms with Gasteiger partial charge in [-0.3, -0.25) is 0 Å².